The lowest BCUT2D eigenvalue weighted by atomic mass is 9.98. The summed E-state index contributed by atoms with van der Waals surface area (Å²) in [6.07, 6.45) is 0. The molecule has 1 unspecified atom stereocenters. The van der Waals surface area contributed by atoms with E-state index in [4.69, 9.17) is 16.3 Å². The number of rotatable bonds is 5. The van der Waals surface area contributed by atoms with Crippen molar-refractivity contribution in [2.24, 2.45) is 0 Å². The van der Waals surface area contributed by atoms with Crippen LogP contribution in [0.5, 0.6) is 5.75 Å². The normalized spacial score (nSPS) is 12.2. The largest absolute Gasteiger partial charge is 0.497 e. The number of methoxy groups -OCH3 is 1. The molecular weight excluding hydrogens is 277 g/mol. The molecule has 20 heavy (non-hydrogen) atoms. The van der Waals surface area contributed by atoms with Crippen LogP contribution in [-0.4, -0.2) is 13.7 Å². The Bertz CT molecular complexity index is 571. The lowest BCUT2D eigenvalue weighted by Gasteiger charge is -2.20. The molecule has 0 aliphatic rings. The second kappa shape index (κ2) is 6.73. The van der Waals surface area contributed by atoms with Crippen LogP contribution in [0.25, 0.3) is 0 Å². The number of ether oxygens (including phenoxy) is 1. The van der Waals surface area contributed by atoms with E-state index in [1.54, 1.807) is 19.2 Å². The van der Waals surface area contributed by atoms with E-state index in [2.05, 4.69) is 5.32 Å². The summed E-state index contributed by atoms with van der Waals surface area (Å²) in [4.78, 5) is 0. The molecule has 0 amide bonds. The predicted octanol–water partition coefficient (Wildman–Crippen LogP) is 4.19. The van der Waals surface area contributed by atoms with Gasteiger partial charge in [0.1, 0.15) is 11.6 Å². The molecule has 0 saturated heterocycles. The number of hydrogen-bond donors (Lipinski definition) is 1. The molecule has 2 rings (SSSR count). The van der Waals surface area contributed by atoms with Crippen molar-refractivity contribution in [1.29, 1.82) is 0 Å². The summed E-state index contributed by atoms with van der Waals surface area (Å²) in [5.41, 5.74) is 1.57. The van der Waals surface area contributed by atoms with E-state index in [0.29, 0.717) is 10.6 Å². The van der Waals surface area contributed by atoms with Gasteiger partial charge in [0, 0.05) is 10.6 Å². The third kappa shape index (κ3) is 3.30. The van der Waals surface area contributed by atoms with Gasteiger partial charge < -0.3 is 10.1 Å². The van der Waals surface area contributed by atoms with Crippen LogP contribution in [0.1, 0.15) is 24.1 Å². The van der Waals surface area contributed by atoms with Crippen LogP contribution in [0, 0.1) is 5.82 Å². The van der Waals surface area contributed by atoms with Crippen LogP contribution >= 0.6 is 11.6 Å². The third-order valence-electron chi connectivity index (χ3n) is 3.13. The molecule has 2 nitrogen and oxygen atoms in total. The number of nitrogens with one attached hydrogen (secondary N) is 1. The highest BCUT2D eigenvalue weighted by Crippen LogP contribution is 2.27. The van der Waals surface area contributed by atoms with Gasteiger partial charge in [-0.1, -0.05) is 36.7 Å². The average molecular weight is 294 g/mol. The molecule has 0 aliphatic heterocycles. The van der Waals surface area contributed by atoms with Gasteiger partial charge in [-0.15, -0.1) is 0 Å². The molecule has 0 heterocycles. The second-order valence-corrected chi connectivity index (χ2v) is 4.87. The SMILES string of the molecule is CCNC(c1ccc(OC)cc1)c1ccc(Cl)cc1F. The molecule has 4 heteroatoms. The first-order valence-corrected chi connectivity index (χ1v) is 6.85. The van der Waals surface area contributed by atoms with Gasteiger partial charge in [0.15, 0.2) is 0 Å². The van der Waals surface area contributed by atoms with Crippen LogP contribution in [0.3, 0.4) is 0 Å². The molecule has 0 aromatic heterocycles. The van der Waals surface area contributed by atoms with E-state index in [1.165, 1.54) is 6.07 Å². The fourth-order valence-electron chi connectivity index (χ4n) is 2.14. The van der Waals surface area contributed by atoms with Gasteiger partial charge in [0.05, 0.1) is 13.2 Å². The smallest absolute Gasteiger partial charge is 0.129 e. The minimum Gasteiger partial charge on any atom is -0.497 e. The Balaban J connectivity index is 2.38. The van der Waals surface area contributed by atoms with Crippen LogP contribution < -0.4 is 10.1 Å². The van der Waals surface area contributed by atoms with Crippen LogP contribution in [-0.2, 0) is 0 Å². The Labute approximate surface area is 123 Å². The summed E-state index contributed by atoms with van der Waals surface area (Å²) in [6, 6.07) is 12.2. The van der Waals surface area contributed by atoms with E-state index < -0.39 is 0 Å². The van der Waals surface area contributed by atoms with Crippen LogP contribution in [0.4, 0.5) is 4.39 Å². The van der Waals surface area contributed by atoms with E-state index in [9.17, 15) is 4.39 Å². The number of benzene rings is 2. The maximum atomic E-state index is 14.1. The summed E-state index contributed by atoms with van der Waals surface area (Å²) in [6.45, 7) is 2.73. The summed E-state index contributed by atoms with van der Waals surface area (Å²) >= 11 is 5.81. The first-order chi connectivity index (χ1) is 9.65. The van der Waals surface area contributed by atoms with Gasteiger partial charge in [-0.3, -0.25) is 0 Å². The zero-order valence-corrected chi connectivity index (χ0v) is 12.2. The molecule has 106 valence electrons. The molecule has 0 aliphatic carbocycles. The van der Waals surface area contributed by atoms with E-state index in [-0.39, 0.29) is 11.9 Å². The minimum absolute atomic E-state index is 0.205. The van der Waals surface area contributed by atoms with Crippen molar-refractivity contribution >= 4 is 11.6 Å². The van der Waals surface area contributed by atoms with Crippen LogP contribution in [0.15, 0.2) is 42.5 Å². The van der Waals surface area contributed by atoms with E-state index >= 15 is 0 Å². The van der Waals surface area contributed by atoms with Gasteiger partial charge in [-0.25, -0.2) is 4.39 Å². The zero-order chi connectivity index (χ0) is 14.5. The summed E-state index contributed by atoms with van der Waals surface area (Å²) in [5, 5.41) is 3.69. The fraction of sp³-hybridized carbons (Fsp3) is 0.250. The van der Waals surface area contributed by atoms with Crippen molar-refractivity contribution in [3.05, 3.63) is 64.4 Å². The molecule has 0 spiro atoms. The monoisotopic (exact) mass is 293 g/mol. The number of halogens is 2. The highest BCUT2D eigenvalue weighted by molar-refractivity contribution is 6.30. The highest BCUT2D eigenvalue weighted by atomic mass is 35.5. The maximum Gasteiger partial charge on any atom is 0.129 e. The summed E-state index contributed by atoms with van der Waals surface area (Å²) in [5.74, 6) is 0.472. The molecular formula is C16H17ClFNO. The lowest BCUT2D eigenvalue weighted by Crippen LogP contribution is -2.23. The van der Waals surface area contributed by atoms with Crippen molar-refractivity contribution in [2.45, 2.75) is 13.0 Å². The summed E-state index contributed by atoms with van der Waals surface area (Å²) in [7, 11) is 1.62. The topological polar surface area (TPSA) is 21.3 Å². The Morgan fingerprint density at radius 2 is 1.90 bits per heavy atom. The predicted molar refractivity (Wildman–Crippen MR) is 79.9 cm³/mol. The van der Waals surface area contributed by atoms with Crippen molar-refractivity contribution < 1.29 is 9.13 Å². The Morgan fingerprint density at radius 1 is 1.20 bits per heavy atom. The Kier molecular flexibility index (Phi) is 4.99. The van der Waals surface area contributed by atoms with Gasteiger partial charge in [0.25, 0.3) is 0 Å². The van der Waals surface area contributed by atoms with E-state index in [0.717, 1.165) is 17.9 Å². The molecule has 0 radical (unpaired) electrons. The Hall–Kier alpha value is -1.58. The average Bonchev–Trinajstić information content (AvgIpc) is 2.46. The molecule has 1 atom stereocenters. The van der Waals surface area contributed by atoms with E-state index in [1.807, 2.05) is 31.2 Å². The Morgan fingerprint density at radius 3 is 2.45 bits per heavy atom. The lowest BCUT2D eigenvalue weighted by molar-refractivity contribution is 0.414. The minimum atomic E-state index is -0.306. The molecule has 0 saturated carbocycles. The third-order valence-corrected chi connectivity index (χ3v) is 3.37. The maximum absolute atomic E-state index is 14.1. The van der Waals surface area contributed by atoms with Gasteiger partial charge in [-0.2, -0.15) is 0 Å². The van der Waals surface area contributed by atoms with Gasteiger partial charge in [0.2, 0.25) is 0 Å². The van der Waals surface area contributed by atoms with Crippen LogP contribution in [0.2, 0.25) is 5.02 Å². The molecule has 0 bridgehead atoms. The first kappa shape index (κ1) is 14.8. The quantitative estimate of drug-likeness (QED) is 0.892. The number of hydrogen-bond acceptors (Lipinski definition) is 2. The van der Waals surface area contributed by atoms with Crippen molar-refractivity contribution in [1.82, 2.24) is 5.32 Å². The van der Waals surface area contributed by atoms with Gasteiger partial charge >= 0.3 is 0 Å². The van der Waals surface area contributed by atoms with Crippen molar-refractivity contribution in [3.8, 4) is 5.75 Å². The molecule has 0 fully saturated rings. The second-order valence-electron chi connectivity index (χ2n) is 4.43. The highest BCUT2D eigenvalue weighted by Gasteiger charge is 2.17. The standard InChI is InChI=1S/C16H17ClFNO/c1-3-19-16(11-4-7-13(20-2)8-5-11)14-9-6-12(17)10-15(14)18/h4-10,16,19H,3H2,1-2H3. The molecule has 1 N–H and O–H groups in total. The molecule has 2 aromatic rings. The van der Waals surface area contributed by atoms with Crippen molar-refractivity contribution in [3.63, 3.8) is 0 Å². The summed E-state index contributed by atoms with van der Waals surface area (Å²) < 4.78 is 19.2. The zero-order valence-electron chi connectivity index (χ0n) is 11.5. The molecule has 2 aromatic carbocycles. The van der Waals surface area contributed by atoms with Crippen molar-refractivity contribution in [2.75, 3.05) is 13.7 Å². The van der Waals surface area contributed by atoms with Gasteiger partial charge in [-0.05, 0) is 36.4 Å². The first-order valence-electron chi connectivity index (χ1n) is 6.48. The fourth-order valence-corrected chi connectivity index (χ4v) is 2.30.